The number of rotatable bonds is 3. The van der Waals surface area contributed by atoms with Gasteiger partial charge in [0, 0.05) is 22.9 Å². The van der Waals surface area contributed by atoms with Crippen LogP contribution in [0.15, 0.2) is 30.8 Å². The first-order chi connectivity index (χ1) is 10.4. The van der Waals surface area contributed by atoms with E-state index in [0.29, 0.717) is 17.7 Å². The highest BCUT2D eigenvalue weighted by Gasteiger charge is 2.33. The van der Waals surface area contributed by atoms with Crippen LogP contribution in [0, 0.1) is 0 Å². The van der Waals surface area contributed by atoms with Gasteiger partial charge < -0.3 is 5.32 Å². The van der Waals surface area contributed by atoms with Crippen LogP contribution in [0.5, 0.6) is 0 Å². The number of nitrogens with zero attached hydrogens (tertiary/aromatic N) is 1. The van der Waals surface area contributed by atoms with Crippen LogP contribution in [0.1, 0.15) is 22.3 Å². The van der Waals surface area contributed by atoms with Crippen molar-refractivity contribution in [3.63, 3.8) is 0 Å². The number of hydrogen-bond donors (Lipinski definition) is 1. The maximum Gasteiger partial charge on any atom is 0.259 e. The van der Waals surface area contributed by atoms with Crippen LogP contribution >= 0.6 is 0 Å². The number of sulfone groups is 1. The summed E-state index contributed by atoms with van der Waals surface area (Å²) in [6, 6.07) is 6.69. The van der Waals surface area contributed by atoms with Crippen molar-refractivity contribution in [1.82, 2.24) is 10.2 Å². The topological polar surface area (TPSA) is 83.6 Å². The lowest BCUT2D eigenvalue weighted by atomic mass is 10.1. The van der Waals surface area contributed by atoms with Crippen molar-refractivity contribution in [3.05, 3.63) is 42.0 Å². The van der Waals surface area contributed by atoms with E-state index >= 15 is 0 Å². The van der Waals surface area contributed by atoms with Gasteiger partial charge in [-0.3, -0.25) is 14.5 Å². The van der Waals surface area contributed by atoms with Crippen molar-refractivity contribution >= 4 is 27.3 Å². The molecule has 1 aromatic rings. The third-order valence-electron chi connectivity index (χ3n) is 3.94. The SMILES string of the molecule is C=C1c2ccccc2C(=O)N1CC(=O)NC1CCS(=O)(=O)C1. The molecule has 0 aromatic heterocycles. The predicted molar refractivity (Wildman–Crippen MR) is 81.7 cm³/mol. The summed E-state index contributed by atoms with van der Waals surface area (Å²) in [5, 5.41) is 2.68. The van der Waals surface area contributed by atoms with Gasteiger partial charge in [-0.1, -0.05) is 24.8 Å². The van der Waals surface area contributed by atoms with Gasteiger partial charge in [0.05, 0.1) is 11.5 Å². The Kier molecular flexibility index (Phi) is 3.52. The third kappa shape index (κ3) is 2.64. The van der Waals surface area contributed by atoms with Crippen molar-refractivity contribution in [2.45, 2.75) is 12.5 Å². The van der Waals surface area contributed by atoms with E-state index in [4.69, 9.17) is 0 Å². The molecule has 2 aliphatic heterocycles. The van der Waals surface area contributed by atoms with Crippen LogP contribution in [0.3, 0.4) is 0 Å². The Balaban J connectivity index is 1.66. The molecule has 1 fully saturated rings. The van der Waals surface area contributed by atoms with Crippen LogP contribution in [-0.4, -0.2) is 49.2 Å². The number of fused-ring (bicyclic) bond motifs is 1. The fourth-order valence-electron chi connectivity index (χ4n) is 2.83. The molecule has 116 valence electrons. The van der Waals surface area contributed by atoms with E-state index in [2.05, 4.69) is 11.9 Å². The van der Waals surface area contributed by atoms with Crippen molar-refractivity contribution in [1.29, 1.82) is 0 Å². The average molecular weight is 320 g/mol. The molecule has 0 spiro atoms. The number of carbonyl (C=O) groups is 2. The first-order valence-electron chi connectivity index (χ1n) is 6.97. The molecule has 6 nitrogen and oxygen atoms in total. The summed E-state index contributed by atoms with van der Waals surface area (Å²) in [6.45, 7) is 3.71. The molecule has 3 rings (SSSR count). The highest BCUT2D eigenvalue weighted by molar-refractivity contribution is 7.91. The first-order valence-corrected chi connectivity index (χ1v) is 8.79. The van der Waals surface area contributed by atoms with Gasteiger partial charge in [-0.25, -0.2) is 8.42 Å². The number of carbonyl (C=O) groups excluding carboxylic acids is 2. The second kappa shape index (κ2) is 5.24. The lowest BCUT2D eigenvalue weighted by molar-refractivity contribution is -0.121. The number of benzene rings is 1. The summed E-state index contributed by atoms with van der Waals surface area (Å²) in [7, 11) is -3.05. The zero-order valence-electron chi connectivity index (χ0n) is 11.9. The van der Waals surface area contributed by atoms with Gasteiger partial charge in [0.15, 0.2) is 9.84 Å². The summed E-state index contributed by atoms with van der Waals surface area (Å²) in [4.78, 5) is 25.7. The quantitative estimate of drug-likeness (QED) is 0.875. The minimum Gasteiger partial charge on any atom is -0.351 e. The summed E-state index contributed by atoms with van der Waals surface area (Å²) in [6.07, 6.45) is 0.420. The van der Waals surface area contributed by atoms with E-state index < -0.39 is 9.84 Å². The molecule has 2 heterocycles. The number of hydrogen-bond acceptors (Lipinski definition) is 4. The summed E-state index contributed by atoms with van der Waals surface area (Å²) in [5.74, 6) is -0.564. The molecule has 7 heteroatoms. The number of amides is 2. The second-order valence-electron chi connectivity index (χ2n) is 5.55. The number of nitrogens with one attached hydrogen (secondary N) is 1. The first kappa shape index (κ1) is 14.8. The van der Waals surface area contributed by atoms with Crippen molar-refractivity contribution in [2.24, 2.45) is 0 Å². The lowest BCUT2D eigenvalue weighted by Gasteiger charge is -2.18. The zero-order chi connectivity index (χ0) is 15.9. The average Bonchev–Trinajstić information content (AvgIpc) is 2.92. The van der Waals surface area contributed by atoms with Crippen LogP contribution in [-0.2, 0) is 14.6 Å². The molecular weight excluding hydrogens is 304 g/mol. The highest BCUT2D eigenvalue weighted by Crippen LogP contribution is 2.30. The molecule has 0 radical (unpaired) electrons. The molecule has 1 N–H and O–H groups in total. The van der Waals surface area contributed by atoms with E-state index in [9.17, 15) is 18.0 Å². The summed E-state index contributed by atoms with van der Waals surface area (Å²) < 4.78 is 22.8. The van der Waals surface area contributed by atoms with E-state index in [1.54, 1.807) is 18.2 Å². The Labute approximate surface area is 128 Å². The van der Waals surface area contributed by atoms with Gasteiger partial charge in [-0.15, -0.1) is 0 Å². The van der Waals surface area contributed by atoms with Crippen LogP contribution in [0.2, 0.25) is 0 Å². The minimum absolute atomic E-state index is 0.0339. The Bertz CT molecular complexity index is 735. The van der Waals surface area contributed by atoms with Crippen LogP contribution in [0.4, 0.5) is 0 Å². The van der Waals surface area contributed by atoms with Gasteiger partial charge in [-0.05, 0) is 12.5 Å². The molecule has 22 heavy (non-hydrogen) atoms. The normalized spacial score (nSPS) is 22.7. The molecular formula is C15H16N2O4S. The Hall–Kier alpha value is -2.15. The van der Waals surface area contributed by atoms with E-state index in [1.807, 2.05) is 6.07 Å². The van der Waals surface area contributed by atoms with E-state index in [-0.39, 0.29) is 35.9 Å². The van der Waals surface area contributed by atoms with Crippen molar-refractivity contribution in [3.8, 4) is 0 Å². The standard InChI is InChI=1S/C15H16N2O4S/c1-10-12-4-2-3-5-13(12)15(19)17(10)8-14(18)16-11-6-7-22(20,21)9-11/h2-5,11H,1,6-9H2,(H,16,18). The zero-order valence-corrected chi connectivity index (χ0v) is 12.7. The monoisotopic (exact) mass is 320 g/mol. The van der Waals surface area contributed by atoms with Crippen molar-refractivity contribution < 1.29 is 18.0 Å². The molecule has 0 bridgehead atoms. The highest BCUT2D eigenvalue weighted by atomic mass is 32.2. The molecule has 2 aliphatic rings. The third-order valence-corrected chi connectivity index (χ3v) is 5.71. The largest absolute Gasteiger partial charge is 0.351 e. The second-order valence-corrected chi connectivity index (χ2v) is 7.78. The Morgan fingerprint density at radius 2 is 2.00 bits per heavy atom. The fraction of sp³-hybridized carbons (Fsp3) is 0.333. The molecule has 1 aromatic carbocycles. The van der Waals surface area contributed by atoms with Gasteiger partial charge >= 0.3 is 0 Å². The predicted octanol–water partition coefficient (Wildman–Crippen LogP) is 0.416. The molecule has 0 saturated carbocycles. The molecule has 1 atom stereocenters. The maximum absolute atomic E-state index is 12.3. The molecule has 0 aliphatic carbocycles. The van der Waals surface area contributed by atoms with Gasteiger partial charge in [0.1, 0.15) is 6.54 Å². The smallest absolute Gasteiger partial charge is 0.259 e. The van der Waals surface area contributed by atoms with Gasteiger partial charge in [0.25, 0.3) is 5.91 Å². The minimum atomic E-state index is -3.05. The molecule has 1 unspecified atom stereocenters. The van der Waals surface area contributed by atoms with Crippen LogP contribution in [0.25, 0.3) is 5.70 Å². The summed E-state index contributed by atoms with van der Waals surface area (Å²) in [5.41, 5.74) is 1.75. The Morgan fingerprint density at radius 3 is 2.59 bits per heavy atom. The molecule has 2 amide bonds. The Morgan fingerprint density at radius 1 is 1.32 bits per heavy atom. The molecule has 1 saturated heterocycles. The fourth-order valence-corrected chi connectivity index (χ4v) is 4.50. The van der Waals surface area contributed by atoms with Crippen LogP contribution < -0.4 is 5.32 Å². The van der Waals surface area contributed by atoms with Gasteiger partial charge in [0.2, 0.25) is 5.91 Å². The van der Waals surface area contributed by atoms with Gasteiger partial charge in [-0.2, -0.15) is 0 Å². The van der Waals surface area contributed by atoms with E-state index in [0.717, 1.165) is 5.56 Å². The maximum atomic E-state index is 12.3. The van der Waals surface area contributed by atoms with Crippen molar-refractivity contribution in [2.75, 3.05) is 18.1 Å². The summed E-state index contributed by atoms with van der Waals surface area (Å²) >= 11 is 0. The lowest BCUT2D eigenvalue weighted by Crippen LogP contribution is -2.42. The van der Waals surface area contributed by atoms with E-state index in [1.165, 1.54) is 4.90 Å².